The number of anilines is 1. The van der Waals surface area contributed by atoms with Gasteiger partial charge in [0.1, 0.15) is 17.9 Å². The summed E-state index contributed by atoms with van der Waals surface area (Å²) >= 11 is 0. The van der Waals surface area contributed by atoms with E-state index in [4.69, 9.17) is 9.84 Å². The average molecular weight is 645 g/mol. The van der Waals surface area contributed by atoms with Gasteiger partial charge in [-0.2, -0.15) is 0 Å². The van der Waals surface area contributed by atoms with Gasteiger partial charge in [-0.05, 0) is 47.7 Å². The number of carboxylic acids is 1. The first-order chi connectivity index (χ1) is 22.7. The molecule has 2 aliphatic rings. The molecule has 244 valence electrons. The van der Waals surface area contributed by atoms with Crippen LogP contribution < -0.4 is 9.64 Å². The predicted molar refractivity (Wildman–Crippen MR) is 171 cm³/mol. The zero-order valence-corrected chi connectivity index (χ0v) is 26.1. The number of halogens is 2. The molecule has 13 heteroatoms. The summed E-state index contributed by atoms with van der Waals surface area (Å²) in [4.78, 5) is 54.1. The molecule has 0 saturated carbocycles. The summed E-state index contributed by atoms with van der Waals surface area (Å²) in [5, 5.41) is 9.64. The molecule has 3 aromatic heterocycles. The van der Waals surface area contributed by atoms with E-state index >= 15 is 4.39 Å². The number of rotatable bonds is 8. The molecule has 11 nitrogen and oxygen atoms in total. The van der Waals surface area contributed by atoms with E-state index in [1.165, 1.54) is 18.1 Å². The first-order valence-electron chi connectivity index (χ1n) is 15.4. The summed E-state index contributed by atoms with van der Waals surface area (Å²) in [7, 11) is 1.45. The maximum Gasteiger partial charge on any atom is 0.312 e. The molecule has 0 bridgehead atoms. The van der Waals surface area contributed by atoms with Crippen LogP contribution in [0.2, 0.25) is 0 Å². The van der Waals surface area contributed by atoms with Crippen molar-refractivity contribution < 1.29 is 33.0 Å². The molecule has 5 heterocycles. The van der Waals surface area contributed by atoms with Gasteiger partial charge in [-0.25, -0.2) is 13.8 Å². The Morgan fingerprint density at radius 3 is 2.51 bits per heavy atom. The van der Waals surface area contributed by atoms with Crippen molar-refractivity contribution in [2.45, 2.75) is 26.2 Å². The average Bonchev–Trinajstić information content (AvgIpc) is 3.54. The van der Waals surface area contributed by atoms with Gasteiger partial charge in [0.05, 0.1) is 18.8 Å². The number of nitrogens with zero attached hydrogens (tertiary/aromatic N) is 5. The molecule has 0 spiro atoms. The molecule has 1 aromatic carbocycles. The van der Waals surface area contributed by atoms with Crippen molar-refractivity contribution >= 4 is 40.1 Å². The van der Waals surface area contributed by atoms with E-state index in [-0.39, 0.29) is 29.2 Å². The highest BCUT2D eigenvalue weighted by atomic mass is 19.1. The number of piperazine rings is 1. The fourth-order valence-electron chi connectivity index (χ4n) is 6.29. The normalized spacial score (nSPS) is 15.1. The monoisotopic (exact) mass is 644 g/mol. The Morgan fingerprint density at radius 2 is 1.79 bits per heavy atom. The number of aryl methyl sites for hydroxylation is 1. The van der Waals surface area contributed by atoms with E-state index in [2.05, 4.69) is 15.0 Å². The fraction of sp³-hybridized carbons (Fsp3) is 0.324. The molecule has 2 N–H and O–H groups in total. The molecule has 0 radical (unpaired) electrons. The quantitative estimate of drug-likeness (QED) is 0.268. The number of ether oxygens (including phenoxy) is 1. The molecular weight excluding hydrogens is 610 g/mol. The van der Waals surface area contributed by atoms with Crippen molar-refractivity contribution in [2.75, 3.05) is 51.3 Å². The summed E-state index contributed by atoms with van der Waals surface area (Å²) in [5.74, 6) is -2.32. The van der Waals surface area contributed by atoms with Gasteiger partial charge in [-0.15, -0.1) is 0 Å². The smallest absolute Gasteiger partial charge is 0.312 e. The number of nitrogens with one attached hydrogen (secondary N) is 1. The largest absolute Gasteiger partial charge is 0.493 e. The number of hydrogen-bond acceptors (Lipinski definition) is 7. The number of fused-ring (bicyclic) bond motifs is 1. The summed E-state index contributed by atoms with van der Waals surface area (Å²) in [6, 6.07) is 6.57. The third-order valence-electron chi connectivity index (χ3n) is 8.70. The second kappa shape index (κ2) is 13.2. The van der Waals surface area contributed by atoms with Gasteiger partial charge in [-0.3, -0.25) is 19.4 Å². The van der Waals surface area contributed by atoms with E-state index in [0.717, 1.165) is 17.3 Å². The number of pyridine rings is 2. The molecule has 2 amide bonds. The fourth-order valence-corrected chi connectivity index (χ4v) is 6.29. The van der Waals surface area contributed by atoms with Crippen molar-refractivity contribution in [3.05, 3.63) is 77.4 Å². The molecule has 0 atom stereocenters. The van der Waals surface area contributed by atoms with E-state index in [1.807, 2.05) is 24.0 Å². The standard InChI is InChI=1S/C34H34F2N6O5/c1-3-20-6-7-37-18-26(20)24-14-23(21-5-4-8-42(19-21)29(43)16-30(44)45)31(36)32-25(24)15-27(39-32)34(46)41-11-9-40(10-12-41)33-28(47-2)13-22(35)17-38-33/h5-7,13-15,17-18,39H,3-4,8-12,16,19H2,1-2H3,(H,44,45). The summed E-state index contributed by atoms with van der Waals surface area (Å²) < 4.78 is 35.5. The minimum atomic E-state index is -1.22. The molecular formula is C34H34F2N6O5. The lowest BCUT2D eigenvalue weighted by molar-refractivity contribution is -0.144. The highest BCUT2D eigenvalue weighted by molar-refractivity contribution is 6.05. The molecule has 2 aliphatic heterocycles. The number of amides is 2. The predicted octanol–water partition coefficient (Wildman–Crippen LogP) is 4.53. The van der Waals surface area contributed by atoms with Crippen molar-refractivity contribution in [2.24, 2.45) is 0 Å². The van der Waals surface area contributed by atoms with Gasteiger partial charge in [0, 0.05) is 74.2 Å². The van der Waals surface area contributed by atoms with Crippen LogP contribution in [0.1, 0.15) is 41.4 Å². The van der Waals surface area contributed by atoms with Crippen LogP contribution in [0.15, 0.2) is 48.9 Å². The van der Waals surface area contributed by atoms with Gasteiger partial charge in [0.15, 0.2) is 17.4 Å². The van der Waals surface area contributed by atoms with Crippen LogP contribution in [0.4, 0.5) is 14.6 Å². The third-order valence-corrected chi connectivity index (χ3v) is 8.70. The number of carbonyl (C=O) groups is 3. The molecule has 6 rings (SSSR count). The maximum absolute atomic E-state index is 16.5. The Hall–Kier alpha value is -5.33. The van der Waals surface area contributed by atoms with Gasteiger partial charge in [0.25, 0.3) is 5.91 Å². The number of carboxylic acid groups (broad SMARTS) is 1. The number of hydrogen-bond donors (Lipinski definition) is 2. The Bertz CT molecular complexity index is 1900. The third kappa shape index (κ3) is 6.25. The highest BCUT2D eigenvalue weighted by Gasteiger charge is 2.29. The Kier molecular flexibility index (Phi) is 8.88. The minimum absolute atomic E-state index is 0.0616. The molecule has 1 saturated heterocycles. The lowest BCUT2D eigenvalue weighted by Crippen LogP contribution is -2.49. The summed E-state index contributed by atoms with van der Waals surface area (Å²) in [6.45, 7) is 3.99. The van der Waals surface area contributed by atoms with Crippen molar-refractivity contribution in [1.82, 2.24) is 24.8 Å². The van der Waals surface area contributed by atoms with E-state index in [1.54, 1.807) is 29.4 Å². The van der Waals surface area contributed by atoms with Crippen LogP contribution in [0.3, 0.4) is 0 Å². The molecule has 1 fully saturated rings. The van der Waals surface area contributed by atoms with Crippen LogP contribution in [0.25, 0.3) is 27.6 Å². The Labute approximate surface area is 269 Å². The van der Waals surface area contributed by atoms with E-state index in [9.17, 15) is 18.8 Å². The highest BCUT2D eigenvalue weighted by Crippen LogP contribution is 2.38. The second-order valence-electron chi connectivity index (χ2n) is 11.5. The number of methoxy groups -OCH3 is 1. The number of H-pyrrole nitrogens is 1. The lowest BCUT2D eigenvalue weighted by Gasteiger charge is -2.35. The Balaban J connectivity index is 1.34. The van der Waals surface area contributed by atoms with E-state index in [0.29, 0.717) is 73.7 Å². The van der Waals surface area contributed by atoms with E-state index < -0.39 is 29.9 Å². The zero-order chi connectivity index (χ0) is 33.2. The summed E-state index contributed by atoms with van der Waals surface area (Å²) in [5.41, 5.74) is 3.67. The summed E-state index contributed by atoms with van der Waals surface area (Å²) in [6.07, 6.45) is 6.91. The second-order valence-corrected chi connectivity index (χ2v) is 11.5. The first-order valence-corrected chi connectivity index (χ1v) is 15.4. The van der Waals surface area contributed by atoms with Crippen LogP contribution in [-0.2, 0) is 16.0 Å². The maximum atomic E-state index is 16.5. The first kappa shape index (κ1) is 31.6. The van der Waals surface area contributed by atoms with Crippen molar-refractivity contribution in [1.29, 1.82) is 0 Å². The lowest BCUT2D eigenvalue weighted by atomic mass is 9.91. The Morgan fingerprint density at radius 1 is 1.00 bits per heavy atom. The van der Waals surface area contributed by atoms with Crippen LogP contribution in [-0.4, -0.2) is 94.0 Å². The number of aromatic nitrogens is 3. The van der Waals surface area contributed by atoms with Gasteiger partial charge in [0.2, 0.25) is 5.91 Å². The zero-order valence-electron chi connectivity index (χ0n) is 26.1. The van der Waals surface area contributed by atoms with Gasteiger partial charge in [-0.1, -0.05) is 13.0 Å². The SMILES string of the molecule is CCc1ccncc1-c1cc(C2=CCCN(C(=O)CC(=O)O)C2)c(F)c2[nH]c(C(=O)N3CCN(c4ncc(F)cc4OC)CC3)cc12. The van der Waals surface area contributed by atoms with Crippen molar-refractivity contribution in [3.8, 4) is 16.9 Å². The number of aliphatic carboxylic acids is 1. The van der Waals surface area contributed by atoms with Gasteiger partial charge >= 0.3 is 5.97 Å². The number of benzene rings is 1. The number of aromatic amines is 1. The molecule has 0 aliphatic carbocycles. The van der Waals surface area contributed by atoms with Gasteiger partial charge < -0.3 is 29.5 Å². The molecule has 0 unspecified atom stereocenters. The molecule has 47 heavy (non-hydrogen) atoms. The van der Waals surface area contributed by atoms with Crippen molar-refractivity contribution in [3.63, 3.8) is 0 Å². The minimum Gasteiger partial charge on any atom is -0.493 e. The topological polar surface area (TPSA) is 132 Å². The van der Waals surface area contributed by atoms with Crippen LogP contribution in [0, 0.1) is 11.6 Å². The number of carbonyl (C=O) groups excluding carboxylic acids is 2. The molecule has 4 aromatic rings. The van der Waals surface area contributed by atoms with Crippen LogP contribution >= 0.6 is 0 Å². The van der Waals surface area contributed by atoms with Crippen LogP contribution in [0.5, 0.6) is 5.75 Å².